The van der Waals surface area contributed by atoms with Crippen LogP contribution in [0.2, 0.25) is 5.02 Å². The van der Waals surface area contributed by atoms with E-state index in [0.29, 0.717) is 11.6 Å². The Kier molecular flexibility index (Phi) is 5.57. The van der Waals surface area contributed by atoms with Gasteiger partial charge in [0.15, 0.2) is 0 Å². The van der Waals surface area contributed by atoms with E-state index in [2.05, 4.69) is 26.1 Å². The van der Waals surface area contributed by atoms with Crippen molar-refractivity contribution in [1.82, 2.24) is 19.3 Å². The van der Waals surface area contributed by atoms with Crippen molar-refractivity contribution in [2.75, 3.05) is 12.4 Å². The average molecular weight is 416 g/mol. The lowest BCUT2D eigenvalue weighted by molar-refractivity contribution is 0.516. The molecule has 0 atom stereocenters. The van der Waals surface area contributed by atoms with Gasteiger partial charge in [0.1, 0.15) is 10.7 Å². The number of halogens is 1. The fourth-order valence-electron chi connectivity index (χ4n) is 3.73. The normalized spacial score (nSPS) is 14.7. The van der Waals surface area contributed by atoms with Crippen molar-refractivity contribution in [3.05, 3.63) is 51.4 Å². The molecule has 28 heavy (non-hydrogen) atoms. The van der Waals surface area contributed by atoms with Crippen LogP contribution in [0, 0.1) is 6.92 Å². The van der Waals surface area contributed by atoms with Crippen molar-refractivity contribution in [3.63, 3.8) is 0 Å². The number of benzene rings is 1. The molecule has 1 fully saturated rings. The highest BCUT2D eigenvalue weighted by molar-refractivity contribution is 7.97. The van der Waals surface area contributed by atoms with Crippen LogP contribution in [-0.4, -0.2) is 21.6 Å². The summed E-state index contributed by atoms with van der Waals surface area (Å²) in [4.78, 5) is 23.0. The van der Waals surface area contributed by atoms with Gasteiger partial charge < -0.3 is 5.32 Å². The Morgan fingerprint density at radius 1 is 1.25 bits per heavy atom. The summed E-state index contributed by atoms with van der Waals surface area (Å²) in [5, 5.41) is 4.28. The van der Waals surface area contributed by atoms with Crippen LogP contribution >= 0.6 is 23.5 Å². The third-order valence-electron chi connectivity index (χ3n) is 5.08. The molecule has 4 rings (SSSR count). The van der Waals surface area contributed by atoms with Crippen LogP contribution in [0.1, 0.15) is 37.3 Å². The highest BCUT2D eigenvalue weighted by atomic mass is 35.5. The molecule has 0 radical (unpaired) electrons. The maximum atomic E-state index is 12.7. The quantitative estimate of drug-likeness (QED) is 0.581. The molecule has 0 spiro atoms. The third kappa shape index (κ3) is 3.74. The molecular formula is C20H22ClN5OS. The Hall–Kier alpha value is -2.09. The summed E-state index contributed by atoms with van der Waals surface area (Å²) in [5.74, 6) is 0.470. The van der Waals surface area contributed by atoms with E-state index in [-0.39, 0.29) is 16.6 Å². The Morgan fingerprint density at radius 3 is 2.75 bits per heavy atom. The fourth-order valence-corrected chi connectivity index (χ4v) is 4.54. The smallest absolute Gasteiger partial charge is 0.271 e. The van der Waals surface area contributed by atoms with Gasteiger partial charge in [-0.15, -0.1) is 0 Å². The summed E-state index contributed by atoms with van der Waals surface area (Å²) in [5.41, 5.74) is 2.49. The lowest BCUT2D eigenvalue weighted by Gasteiger charge is -2.17. The molecule has 1 saturated carbocycles. The molecule has 3 aromatic rings. The van der Waals surface area contributed by atoms with E-state index in [1.165, 1.54) is 0 Å². The first-order valence-corrected chi connectivity index (χ1v) is 10.6. The van der Waals surface area contributed by atoms with Crippen LogP contribution in [-0.2, 0) is 0 Å². The Balaban J connectivity index is 1.74. The number of hydrogen-bond acceptors (Lipinski definition) is 6. The molecule has 2 aromatic heterocycles. The first-order valence-electron chi connectivity index (χ1n) is 9.36. The monoisotopic (exact) mass is 415 g/mol. The van der Waals surface area contributed by atoms with E-state index in [0.717, 1.165) is 47.2 Å². The SMILES string of the molecule is CNSc1ccc(Nc2ncc3cc(Cl)c(=O)n(C4CCCC4)c3n2)c(C)c1. The summed E-state index contributed by atoms with van der Waals surface area (Å²) in [6.07, 6.45) is 5.93. The Morgan fingerprint density at radius 2 is 2.04 bits per heavy atom. The summed E-state index contributed by atoms with van der Waals surface area (Å²) in [7, 11) is 1.89. The predicted octanol–water partition coefficient (Wildman–Crippen LogP) is 4.84. The first-order chi connectivity index (χ1) is 13.6. The molecule has 146 valence electrons. The second-order valence-corrected chi connectivity index (χ2v) is 8.48. The van der Waals surface area contributed by atoms with Crippen molar-refractivity contribution in [1.29, 1.82) is 0 Å². The van der Waals surface area contributed by atoms with Crippen molar-refractivity contribution in [2.24, 2.45) is 0 Å². The Labute approximate surface area is 172 Å². The number of rotatable bonds is 5. The van der Waals surface area contributed by atoms with Crippen molar-refractivity contribution in [3.8, 4) is 0 Å². The van der Waals surface area contributed by atoms with E-state index < -0.39 is 0 Å². The molecule has 1 aromatic carbocycles. The van der Waals surface area contributed by atoms with Crippen LogP contribution in [0.5, 0.6) is 0 Å². The van der Waals surface area contributed by atoms with Crippen molar-refractivity contribution >= 4 is 46.2 Å². The van der Waals surface area contributed by atoms with E-state index in [1.807, 2.05) is 26.1 Å². The van der Waals surface area contributed by atoms with Crippen LogP contribution in [0.25, 0.3) is 11.0 Å². The molecule has 1 aliphatic rings. The Bertz CT molecular complexity index is 1080. The van der Waals surface area contributed by atoms with Crippen molar-refractivity contribution in [2.45, 2.75) is 43.5 Å². The third-order valence-corrected chi connectivity index (χ3v) is 6.05. The lowest BCUT2D eigenvalue weighted by Crippen LogP contribution is -2.25. The number of hydrogen-bond donors (Lipinski definition) is 2. The molecule has 1 aliphatic carbocycles. The van der Waals surface area contributed by atoms with Gasteiger partial charge in [0.25, 0.3) is 5.56 Å². The predicted molar refractivity (Wildman–Crippen MR) is 116 cm³/mol. The molecular weight excluding hydrogens is 394 g/mol. The van der Waals surface area contributed by atoms with E-state index in [4.69, 9.17) is 11.6 Å². The molecule has 0 saturated heterocycles. The zero-order chi connectivity index (χ0) is 19.7. The standard InChI is InChI=1S/C20H22ClN5OS/c1-12-9-15(28-22-2)7-8-17(12)24-20-23-11-13-10-16(21)19(27)26(18(13)25-20)14-5-3-4-6-14/h7-11,14,22H,3-6H2,1-2H3,(H,23,24,25). The number of pyridine rings is 1. The van der Waals surface area contributed by atoms with E-state index >= 15 is 0 Å². The van der Waals surface area contributed by atoms with Crippen molar-refractivity contribution < 1.29 is 0 Å². The highest BCUT2D eigenvalue weighted by Gasteiger charge is 2.22. The second-order valence-electron chi connectivity index (χ2n) is 6.99. The number of nitrogens with zero attached hydrogens (tertiary/aromatic N) is 3. The highest BCUT2D eigenvalue weighted by Crippen LogP contribution is 2.31. The number of anilines is 2. The maximum absolute atomic E-state index is 12.7. The van der Waals surface area contributed by atoms with E-state index in [1.54, 1.807) is 28.8 Å². The fraction of sp³-hybridized carbons (Fsp3) is 0.350. The molecule has 8 heteroatoms. The number of fused-ring (bicyclic) bond motifs is 1. The molecule has 0 bridgehead atoms. The van der Waals surface area contributed by atoms with Gasteiger partial charge in [-0.2, -0.15) is 4.98 Å². The topological polar surface area (TPSA) is 71.8 Å². The van der Waals surface area contributed by atoms with Crippen LogP contribution in [0.15, 0.2) is 40.2 Å². The van der Waals surface area contributed by atoms with Gasteiger partial charge in [-0.3, -0.25) is 14.1 Å². The second kappa shape index (κ2) is 8.11. The zero-order valence-corrected chi connectivity index (χ0v) is 17.4. The van der Waals surface area contributed by atoms with Gasteiger partial charge in [-0.05, 0) is 68.6 Å². The van der Waals surface area contributed by atoms with Gasteiger partial charge in [0.2, 0.25) is 5.95 Å². The van der Waals surface area contributed by atoms with E-state index in [9.17, 15) is 4.79 Å². The van der Waals surface area contributed by atoms with Crippen LogP contribution in [0.4, 0.5) is 11.6 Å². The summed E-state index contributed by atoms with van der Waals surface area (Å²) in [6.45, 7) is 2.04. The average Bonchev–Trinajstić information content (AvgIpc) is 3.20. The minimum absolute atomic E-state index is 0.149. The molecule has 2 heterocycles. The van der Waals surface area contributed by atoms with Gasteiger partial charge in [-0.1, -0.05) is 24.4 Å². The van der Waals surface area contributed by atoms with Crippen LogP contribution in [0.3, 0.4) is 0 Å². The summed E-state index contributed by atoms with van der Waals surface area (Å²) in [6, 6.07) is 7.94. The molecule has 0 amide bonds. The number of aromatic nitrogens is 3. The van der Waals surface area contributed by atoms with Gasteiger partial charge in [-0.25, -0.2) is 4.98 Å². The number of aryl methyl sites for hydroxylation is 1. The van der Waals surface area contributed by atoms with Gasteiger partial charge >= 0.3 is 0 Å². The zero-order valence-electron chi connectivity index (χ0n) is 15.8. The summed E-state index contributed by atoms with van der Waals surface area (Å²) < 4.78 is 4.83. The molecule has 6 nitrogen and oxygen atoms in total. The minimum atomic E-state index is -0.171. The van der Waals surface area contributed by atoms with Gasteiger partial charge in [0.05, 0.1) is 0 Å². The maximum Gasteiger partial charge on any atom is 0.271 e. The first kappa shape index (κ1) is 19.2. The minimum Gasteiger partial charge on any atom is -0.324 e. The molecule has 0 aliphatic heterocycles. The molecule has 2 N–H and O–H groups in total. The number of nitrogens with one attached hydrogen (secondary N) is 2. The molecule has 0 unspecified atom stereocenters. The summed E-state index contributed by atoms with van der Waals surface area (Å²) >= 11 is 7.76. The largest absolute Gasteiger partial charge is 0.324 e. The lowest BCUT2D eigenvalue weighted by atomic mass is 10.2. The van der Waals surface area contributed by atoms with Crippen LogP contribution < -0.4 is 15.6 Å². The van der Waals surface area contributed by atoms with Gasteiger partial charge in [0, 0.05) is 28.2 Å².